The number of fused-ring (bicyclic) bond motifs is 1. The normalized spacial score (nSPS) is 44.8. The molecule has 3 heteroatoms. The first kappa shape index (κ1) is 17.9. The van der Waals surface area contributed by atoms with E-state index in [1.807, 2.05) is 0 Å². The predicted octanol–water partition coefficient (Wildman–Crippen LogP) is 3.65. The topological polar surface area (TPSA) is 60.7 Å². The van der Waals surface area contributed by atoms with E-state index in [0.717, 1.165) is 49.7 Å². The molecule has 3 aliphatic rings. The summed E-state index contributed by atoms with van der Waals surface area (Å²) < 4.78 is 0. The smallest absolute Gasteiger partial charge is 0.0961 e. The molecule has 0 radical (unpaired) electrons. The Morgan fingerprint density at radius 3 is 2.67 bits per heavy atom. The van der Waals surface area contributed by atoms with Crippen molar-refractivity contribution < 1.29 is 15.3 Å². The van der Waals surface area contributed by atoms with Gasteiger partial charge in [-0.05, 0) is 69.8 Å². The summed E-state index contributed by atoms with van der Waals surface area (Å²) >= 11 is 0. The maximum atomic E-state index is 11.1. The van der Waals surface area contributed by atoms with Crippen LogP contribution in [0.4, 0.5) is 0 Å². The second kappa shape index (κ2) is 6.44. The van der Waals surface area contributed by atoms with Crippen molar-refractivity contribution >= 4 is 0 Å². The Kier molecular flexibility index (Phi) is 4.80. The van der Waals surface area contributed by atoms with Crippen LogP contribution in [-0.2, 0) is 0 Å². The Morgan fingerprint density at radius 2 is 1.96 bits per heavy atom. The third-order valence-corrected chi connectivity index (χ3v) is 7.06. The van der Waals surface area contributed by atoms with E-state index in [2.05, 4.69) is 25.7 Å². The molecule has 0 saturated heterocycles. The highest BCUT2D eigenvalue weighted by molar-refractivity contribution is 5.36. The lowest BCUT2D eigenvalue weighted by molar-refractivity contribution is -0.143. The van der Waals surface area contributed by atoms with Gasteiger partial charge < -0.3 is 15.3 Å². The van der Waals surface area contributed by atoms with E-state index >= 15 is 0 Å². The van der Waals surface area contributed by atoms with Crippen LogP contribution in [0.3, 0.4) is 0 Å². The lowest BCUT2D eigenvalue weighted by Gasteiger charge is -2.48. The van der Waals surface area contributed by atoms with Gasteiger partial charge in [-0.25, -0.2) is 0 Å². The van der Waals surface area contributed by atoms with Gasteiger partial charge in [0, 0.05) is 5.41 Å². The minimum Gasteiger partial charge on any atom is -0.393 e. The molecule has 134 valence electrons. The highest BCUT2D eigenvalue weighted by atomic mass is 16.3. The lowest BCUT2D eigenvalue weighted by Crippen LogP contribution is -2.53. The Hall–Kier alpha value is -0.900. The van der Waals surface area contributed by atoms with E-state index in [-0.39, 0.29) is 11.5 Å². The molecular weight excluding hydrogens is 300 g/mol. The second-order valence-corrected chi connectivity index (χ2v) is 8.40. The summed E-state index contributed by atoms with van der Waals surface area (Å²) in [7, 11) is 0. The second-order valence-electron chi connectivity index (χ2n) is 8.40. The zero-order chi connectivity index (χ0) is 17.5. The average Bonchev–Trinajstić information content (AvgIpc) is 2.82. The van der Waals surface area contributed by atoms with Crippen LogP contribution >= 0.6 is 0 Å². The van der Waals surface area contributed by atoms with E-state index in [1.54, 1.807) is 6.92 Å². The van der Waals surface area contributed by atoms with Crippen LogP contribution in [0.1, 0.15) is 65.2 Å². The molecule has 0 bridgehead atoms. The van der Waals surface area contributed by atoms with Crippen LogP contribution in [0.15, 0.2) is 35.5 Å². The molecule has 0 aromatic heterocycles. The van der Waals surface area contributed by atoms with Crippen molar-refractivity contribution in [2.45, 2.75) is 83.0 Å². The van der Waals surface area contributed by atoms with Gasteiger partial charge in [0.15, 0.2) is 0 Å². The molecule has 3 aliphatic carbocycles. The van der Waals surface area contributed by atoms with Crippen molar-refractivity contribution in [1.29, 1.82) is 0 Å². The summed E-state index contributed by atoms with van der Waals surface area (Å²) in [5.74, 6) is 0.337. The Morgan fingerprint density at radius 1 is 1.21 bits per heavy atom. The van der Waals surface area contributed by atoms with Crippen molar-refractivity contribution in [3.63, 3.8) is 0 Å². The van der Waals surface area contributed by atoms with Gasteiger partial charge in [-0.15, -0.1) is 0 Å². The summed E-state index contributed by atoms with van der Waals surface area (Å²) in [4.78, 5) is 0. The Labute approximate surface area is 145 Å². The molecule has 24 heavy (non-hydrogen) atoms. The third kappa shape index (κ3) is 2.81. The first-order valence-corrected chi connectivity index (χ1v) is 9.44. The van der Waals surface area contributed by atoms with Gasteiger partial charge in [-0.1, -0.05) is 36.8 Å². The van der Waals surface area contributed by atoms with Gasteiger partial charge >= 0.3 is 0 Å². The largest absolute Gasteiger partial charge is 0.393 e. The standard InChI is InChI=1S/C21H32O3/c1-14-6-9-18(23)13-17(14)8-7-16-5-4-11-20(3)19(16)10-12-21(20,24)15(2)22/h7-8,15,18-19,22-24H,1,4-6,9-13H2,2-3H3/b16-7+,17-8-/t15-,18-,19+,20+,21+/m1/s1. The summed E-state index contributed by atoms with van der Waals surface area (Å²) in [5.41, 5.74) is 2.47. The van der Waals surface area contributed by atoms with Gasteiger partial charge in [0.05, 0.1) is 17.8 Å². The van der Waals surface area contributed by atoms with Crippen molar-refractivity contribution in [2.75, 3.05) is 0 Å². The van der Waals surface area contributed by atoms with Crippen LogP contribution in [0.5, 0.6) is 0 Å². The first-order chi connectivity index (χ1) is 11.3. The lowest BCUT2D eigenvalue weighted by atomic mass is 9.60. The minimum absolute atomic E-state index is 0.243. The average molecular weight is 332 g/mol. The number of hydrogen-bond donors (Lipinski definition) is 3. The van der Waals surface area contributed by atoms with Gasteiger partial charge in [-0.2, -0.15) is 0 Å². The fourth-order valence-electron chi connectivity index (χ4n) is 5.37. The molecule has 3 saturated carbocycles. The van der Waals surface area contributed by atoms with Crippen LogP contribution in [-0.4, -0.2) is 33.1 Å². The summed E-state index contributed by atoms with van der Waals surface area (Å²) in [5, 5.41) is 31.2. The van der Waals surface area contributed by atoms with Crippen LogP contribution in [0.25, 0.3) is 0 Å². The third-order valence-electron chi connectivity index (χ3n) is 7.06. The molecular formula is C21H32O3. The molecule has 3 fully saturated rings. The van der Waals surface area contributed by atoms with E-state index < -0.39 is 11.7 Å². The molecule has 3 nitrogen and oxygen atoms in total. The molecule has 0 heterocycles. The molecule has 3 rings (SSSR count). The minimum atomic E-state index is -0.977. The molecule has 0 aliphatic heterocycles. The molecule has 0 spiro atoms. The van der Waals surface area contributed by atoms with Gasteiger partial charge in [0.25, 0.3) is 0 Å². The Balaban J connectivity index is 1.86. The van der Waals surface area contributed by atoms with Crippen molar-refractivity contribution in [3.05, 3.63) is 35.5 Å². The number of aliphatic hydroxyl groups is 3. The molecule has 0 unspecified atom stereocenters. The predicted molar refractivity (Wildman–Crippen MR) is 96.5 cm³/mol. The number of aliphatic hydroxyl groups excluding tert-OH is 2. The number of hydrogen-bond acceptors (Lipinski definition) is 3. The SMILES string of the molecule is C=C1CC[C@@H](O)C/C1=C/C=C1\CCC[C@@]2(C)[C@H]1CC[C@]2(O)[C@@H](C)O. The molecule has 3 N–H and O–H groups in total. The van der Waals surface area contributed by atoms with E-state index in [4.69, 9.17) is 0 Å². The fraction of sp³-hybridized carbons (Fsp3) is 0.714. The first-order valence-electron chi connectivity index (χ1n) is 9.44. The number of rotatable bonds is 2. The zero-order valence-electron chi connectivity index (χ0n) is 15.1. The molecule has 0 aromatic carbocycles. The summed E-state index contributed by atoms with van der Waals surface area (Å²) in [6, 6.07) is 0. The monoisotopic (exact) mass is 332 g/mol. The van der Waals surface area contributed by atoms with Crippen molar-refractivity contribution in [2.24, 2.45) is 11.3 Å². The Bertz CT molecular complexity index is 574. The van der Waals surface area contributed by atoms with Crippen LogP contribution in [0, 0.1) is 11.3 Å². The summed E-state index contributed by atoms with van der Waals surface area (Å²) in [6.45, 7) is 8.02. The fourth-order valence-corrected chi connectivity index (χ4v) is 5.37. The van der Waals surface area contributed by atoms with E-state index in [1.165, 1.54) is 5.57 Å². The van der Waals surface area contributed by atoms with Crippen LogP contribution in [0.2, 0.25) is 0 Å². The molecule has 0 aromatic rings. The highest BCUT2D eigenvalue weighted by Gasteiger charge is 2.60. The van der Waals surface area contributed by atoms with Gasteiger partial charge in [0.1, 0.15) is 0 Å². The van der Waals surface area contributed by atoms with Gasteiger partial charge in [0.2, 0.25) is 0 Å². The number of allylic oxidation sites excluding steroid dienone is 4. The maximum Gasteiger partial charge on any atom is 0.0961 e. The van der Waals surface area contributed by atoms with E-state index in [9.17, 15) is 15.3 Å². The van der Waals surface area contributed by atoms with Gasteiger partial charge in [-0.3, -0.25) is 0 Å². The van der Waals surface area contributed by atoms with Crippen molar-refractivity contribution in [3.8, 4) is 0 Å². The van der Waals surface area contributed by atoms with Crippen molar-refractivity contribution in [1.82, 2.24) is 0 Å². The molecule has 5 atom stereocenters. The highest BCUT2D eigenvalue weighted by Crippen LogP contribution is 2.60. The quantitative estimate of drug-likeness (QED) is 0.723. The molecule has 0 amide bonds. The zero-order valence-corrected chi connectivity index (χ0v) is 15.1. The van der Waals surface area contributed by atoms with Crippen LogP contribution < -0.4 is 0 Å². The van der Waals surface area contributed by atoms with E-state index in [0.29, 0.717) is 18.8 Å². The summed E-state index contributed by atoms with van der Waals surface area (Å²) in [6.07, 6.45) is 10.5. The maximum absolute atomic E-state index is 11.1.